The van der Waals surface area contributed by atoms with Crippen LogP contribution in [0.5, 0.6) is 0 Å². The smallest absolute Gasteiger partial charge is 0.261 e. The molecular weight excluding hydrogens is 204 g/mol. The number of amides is 1. The molecule has 0 fully saturated rings. The number of H-pyrrole nitrogens is 1. The first kappa shape index (κ1) is 10.4. The van der Waals surface area contributed by atoms with Gasteiger partial charge in [0.15, 0.2) is 0 Å². The predicted molar refractivity (Wildman–Crippen MR) is 62.6 cm³/mol. The van der Waals surface area contributed by atoms with E-state index >= 15 is 0 Å². The first-order chi connectivity index (χ1) is 7.59. The van der Waals surface area contributed by atoms with Gasteiger partial charge in [0.1, 0.15) is 5.56 Å². The molecule has 4 heteroatoms. The Morgan fingerprint density at radius 2 is 1.94 bits per heavy atom. The van der Waals surface area contributed by atoms with Crippen LogP contribution in [-0.4, -0.2) is 29.9 Å². The maximum atomic E-state index is 11.7. The molecule has 0 saturated heterocycles. The predicted octanol–water partition coefficient (Wildman–Crippen LogP) is 1.23. The van der Waals surface area contributed by atoms with Crippen molar-refractivity contribution in [2.24, 2.45) is 0 Å². The van der Waals surface area contributed by atoms with E-state index in [1.165, 1.54) is 4.90 Å². The minimum atomic E-state index is -0.350. The van der Waals surface area contributed by atoms with E-state index in [1.807, 2.05) is 18.2 Å². The number of fused-ring (bicyclic) bond motifs is 1. The van der Waals surface area contributed by atoms with E-state index in [4.69, 9.17) is 0 Å². The lowest BCUT2D eigenvalue weighted by Gasteiger charge is -2.09. The van der Waals surface area contributed by atoms with Crippen LogP contribution in [0, 0.1) is 0 Å². The molecule has 0 bridgehead atoms. The van der Waals surface area contributed by atoms with Gasteiger partial charge in [0, 0.05) is 19.6 Å². The third kappa shape index (κ3) is 1.69. The van der Waals surface area contributed by atoms with Crippen molar-refractivity contribution in [1.29, 1.82) is 0 Å². The molecule has 1 N–H and O–H groups in total. The van der Waals surface area contributed by atoms with E-state index in [-0.39, 0.29) is 17.0 Å². The Morgan fingerprint density at radius 1 is 1.25 bits per heavy atom. The second-order valence-corrected chi connectivity index (χ2v) is 3.80. The molecule has 4 nitrogen and oxygen atoms in total. The van der Waals surface area contributed by atoms with Crippen LogP contribution in [0.3, 0.4) is 0 Å². The number of aromatic amines is 1. The van der Waals surface area contributed by atoms with Gasteiger partial charge in [-0.05, 0) is 17.5 Å². The molecule has 1 aromatic carbocycles. The normalized spacial score (nSPS) is 10.4. The van der Waals surface area contributed by atoms with Gasteiger partial charge in [-0.1, -0.05) is 18.2 Å². The molecule has 82 valence electrons. The summed E-state index contributed by atoms with van der Waals surface area (Å²) >= 11 is 0. The molecule has 0 unspecified atom stereocenters. The highest BCUT2D eigenvalue weighted by molar-refractivity contribution is 5.96. The van der Waals surface area contributed by atoms with Crippen LogP contribution in [-0.2, 0) is 0 Å². The van der Waals surface area contributed by atoms with Crippen LogP contribution >= 0.6 is 0 Å². The fourth-order valence-corrected chi connectivity index (χ4v) is 1.55. The van der Waals surface area contributed by atoms with E-state index in [0.717, 1.165) is 10.9 Å². The van der Waals surface area contributed by atoms with Gasteiger partial charge < -0.3 is 9.88 Å². The van der Waals surface area contributed by atoms with Gasteiger partial charge in [-0.15, -0.1) is 0 Å². The van der Waals surface area contributed by atoms with E-state index < -0.39 is 0 Å². The fourth-order valence-electron chi connectivity index (χ4n) is 1.55. The van der Waals surface area contributed by atoms with Gasteiger partial charge in [-0.25, -0.2) is 0 Å². The minimum Gasteiger partial charge on any atom is -0.345 e. The van der Waals surface area contributed by atoms with E-state index in [0.29, 0.717) is 0 Å². The van der Waals surface area contributed by atoms with Crippen LogP contribution in [0.2, 0.25) is 0 Å². The number of nitrogens with one attached hydrogen (secondary N) is 1. The molecule has 1 aromatic heterocycles. The Morgan fingerprint density at radius 3 is 2.62 bits per heavy atom. The highest BCUT2D eigenvalue weighted by Crippen LogP contribution is 2.10. The van der Waals surface area contributed by atoms with Crippen molar-refractivity contribution in [3.8, 4) is 0 Å². The zero-order valence-electron chi connectivity index (χ0n) is 9.15. The Labute approximate surface area is 92.5 Å². The number of rotatable bonds is 1. The quantitative estimate of drug-likeness (QED) is 0.779. The Kier molecular flexibility index (Phi) is 2.48. The summed E-state index contributed by atoms with van der Waals surface area (Å²) in [6.45, 7) is 0. The summed E-state index contributed by atoms with van der Waals surface area (Å²) in [5, 5.41) is 0.854. The lowest BCUT2D eigenvalue weighted by molar-refractivity contribution is 0.0826. The van der Waals surface area contributed by atoms with E-state index in [9.17, 15) is 9.59 Å². The Balaban J connectivity index is 2.68. The number of hydrogen-bond acceptors (Lipinski definition) is 2. The molecular formula is C12H12N2O2. The number of carbonyl (C=O) groups excluding carboxylic acids is 1. The second kappa shape index (κ2) is 3.81. The molecule has 2 rings (SSSR count). The van der Waals surface area contributed by atoms with Crippen molar-refractivity contribution in [3.63, 3.8) is 0 Å². The van der Waals surface area contributed by atoms with Gasteiger partial charge in [0.25, 0.3) is 11.5 Å². The van der Waals surface area contributed by atoms with Gasteiger partial charge in [-0.2, -0.15) is 0 Å². The molecule has 0 aliphatic heterocycles. The highest BCUT2D eigenvalue weighted by atomic mass is 16.2. The van der Waals surface area contributed by atoms with Gasteiger partial charge in [0.05, 0.1) is 0 Å². The zero-order valence-corrected chi connectivity index (χ0v) is 9.15. The Bertz CT molecular complexity index is 599. The summed E-state index contributed by atoms with van der Waals surface area (Å²) < 4.78 is 0. The van der Waals surface area contributed by atoms with Crippen molar-refractivity contribution >= 4 is 16.8 Å². The summed E-state index contributed by atoms with van der Waals surface area (Å²) in [4.78, 5) is 27.5. The summed E-state index contributed by atoms with van der Waals surface area (Å²) in [5.74, 6) is -0.285. The molecule has 1 amide bonds. The molecule has 0 spiro atoms. The second-order valence-electron chi connectivity index (χ2n) is 3.80. The standard InChI is InChI=1S/C12H12N2O2/c1-14(2)12(16)9-7-8-5-3-4-6-10(8)13-11(9)15/h3-7H,1-2H3,(H,13,15). The van der Waals surface area contributed by atoms with Crippen molar-refractivity contribution in [3.05, 3.63) is 46.2 Å². The van der Waals surface area contributed by atoms with E-state index in [1.54, 1.807) is 26.2 Å². The van der Waals surface area contributed by atoms with Gasteiger partial charge in [0.2, 0.25) is 0 Å². The minimum absolute atomic E-state index is 0.170. The average Bonchev–Trinajstić information content (AvgIpc) is 2.27. The highest BCUT2D eigenvalue weighted by Gasteiger charge is 2.12. The monoisotopic (exact) mass is 216 g/mol. The number of hydrogen-bond donors (Lipinski definition) is 1. The molecule has 0 aliphatic carbocycles. The van der Waals surface area contributed by atoms with Crippen LogP contribution in [0.25, 0.3) is 10.9 Å². The number of para-hydroxylation sites is 1. The summed E-state index contributed by atoms with van der Waals surface area (Å²) in [6, 6.07) is 8.99. The first-order valence-corrected chi connectivity index (χ1v) is 4.93. The topological polar surface area (TPSA) is 53.2 Å². The zero-order chi connectivity index (χ0) is 11.7. The number of carbonyl (C=O) groups is 1. The maximum Gasteiger partial charge on any atom is 0.261 e. The molecule has 2 aromatic rings. The average molecular weight is 216 g/mol. The van der Waals surface area contributed by atoms with Crippen molar-refractivity contribution in [2.75, 3.05) is 14.1 Å². The summed E-state index contributed by atoms with van der Waals surface area (Å²) in [7, 11) is 3.24. The third-order valence-corrected chi connectivity index (χ3v) is 2.39. The number of benzene rings is 1. The largest absolute Gasteiger partial charge is 0.345 e. The van der Waals surface area contributed by atoms with Crippen LogP contribution in [0.15, 0.2) is 35.1 Å². The van der Waals surface area contributed by atoms with Crippen molar-refractivity contribution in [2.45, 2.75) is 0 Å². The molecule has 0 aliphatic rings. The fraction of sp³-hybridized carbons (Fsp3) is 0.167. The summed E-state index contributed by atoms with van der Waals surface area (Å²) in [5.41, 5.74) is 0.559. The summed E-state index contributed by atoms with van der Waals surface area (Å²) in [6.07, 6.45) is 0. The molecule has 1 heterocycles. The molecule has 0 saturated carbocycles. The van der Waals surface area contributed by atoms with Crippen molar-refractivity contribution < 1.29 is 4.79 Å². The molecule has 0 radical (unpaired) electrons. The number of pyridine rings is 1. The number of aromatic nitrogens is 1. The van der Waals surface area contributed by atoms with Crippen molar-refractivity contribution in [1.82, 2.24) is 9.88 Å². The lowest BCUT2D eigenvalue weighted by atomic mass is 10.1. The SMILES string of the molecule is CN(C)C(=O)c1cc2ccccc2[nH]c1=O. The first-order valence-electron chi connectivity index (χ1n) is 4.93. The molecule has 16 heavy (non-hydrogen) atoms. The van der Waals surface area contributed by atoms with Gasteiger partial charge in [-0.3, -0.25) is 9.59 Å². The van der Waals surface area contributed by atoms with Crippen LogP contribution in [0.1, 0.15) is 10.4 Å². The van der Waals surface area contributed by atoms with Crippen LogP contribution < -0.4 is 5.56 Å². The third-order valence-electron chi connectivity index (χ3n) is 2.39. The Hall–Kier alpha value is -2.10. The van der Waals surface area contributed by atoms with E-state index in [2.05, 4.69) is 4.98 Å². The molecule has 0 atom stereocenters. The maximum absolute atomic E-state index is 11.7. The lowest BCUT2D eigenvalue weighted by Crippen LogP contribution is -2.28. The number of nitrogens with zero attached hydrogens (tertiary/aromatic N) is 1. The van der Waals surface area contributed by atoms with Crippen LogP contribution in [0.4, 0.5) is 0 Å². The van der Waals surface area contributed by atoms with Gasteiger partial charge >= 0.3 is 0 Å².